The number of ether oxygens (including phenoxy) is 1. The summed E-state index contributed by atoms with van der Waals surface area (Å²) in [7, 11) is 0. The van der Waals surface area contributed by atoms with Crippen molar-refractivity contribution < 1.29 is 19.4 Å². The van der Waals surface area contributed by atoms with Crippen molar-refractivity contribution in [1.29, 1.82) is 0 Å². The highest BCUT2D eigenvalue weighted by Gasteiger charge is 2.26. The third-order valence-electron chi connectivity index (χ3n) is 3.49. The molecule has 0 radical (unpaired) electrons. The summed E-state index contributed by atoms with van der Waals surface area (Å²) in [5.74, 6) is -0.903. The second-order valence-electron chi connectivity index (χ2n) is 5.35. The Hall–Kier alpha value is -2.86. The molecule has 2 atom stereocenters. The summed E-state index contributed by atoms with van der Waals surface area (Å²) in [5.41, 5.74) is 6.84. The summed E-state index contributed by atoms with van der Waals surface area (Å²) in [6.07, 6.45) is -1.97. The normalized spacial score (nSPS) is 12.9. The molecule has 2 aromatic carbocycles. The highest BCUT2D eigenvalue weighted by atomic mass is 16.5. The third kappa shape index (κ3) is 5.40. The van der Waals surface area contributed by atoms with Gasteiger partial charge in [-0.05, 0) is 17.5 Å². The van der Waals surface area contributed by atoms with Gasteiger partial charge in [0.05, 0.1) is 6.04 Å². The molecule has 0 aromatic heterocycles. The molecule has 0 aliphatic carbocycles. The molecule has 0 spiro atoms. The van der Waals surface area contributed by atoms with Gasteiger partial charge in [0, 0.05) is 0 Å². The maximum absolute atomic E-state index is 11.9. The van der Waals surface area contributed by atoms with Gasteiger partial charge in [0.2, 0.25) is 5.91 Å². The molecule has 2 amide bonds. The zero-order valence-corrected chi connectivity index (χ0v) is 13.1. The van der Waals surface area contributed by atoms with E-state index in [0.29, 0.717) is 0 Å². The van der Waals surface area contributed by atoms with E-state index in [4.69, 9.17) is 10.5 Å². The molecule has 6 heteroatoms. The molecular formula is C18H20N2O4. The largest absolute Gasteiger partial charge is 0.445 e. The van der Waals surface area contributed by atoms with E-state index in [1.54, 1.807) is 0 Å². The molecule has 24 heavy (non-hydrogen) atoms. The van der Waals surface area contributed by atoms with Gasteiger partial charge in [0.1, 0.15) is 6.61 Å². The summed E-state index contributed by atoms with van der Waals surface area (Å²) >= 11 is 0. The minimum Gasteiger partial charge on any atom is -0.445 e. The zero-order valence-electron chi connectivity index (χ0n) is 13.1. The third-order valence-corrected chi connectivity index (χ3v) is 3.49. The highest BCUT2D eigenvalue weighted by molar-refractivity contribution is 5.80. The number of hydrogen-bond donors (Lipinski definition) is 3. The Balaban J connectivity index is 1.96. The number of nitrogens with one attached hydrogen (secondary N) is 1. The van der Waals surface area contributed by atoms with Crippen molar-refractivity contribution in [2.24, 2.45) is 5.73 Å². The molecule has 2 aromatic rings. The number of rotatable bonds is 7. The first-order chi connectivity index (χ1) is 11.6. The van der Waals surface area contributed by atoms with Crippen LogP contribution in [0.5, 0.6) is 0 Å². The number of aliphatic hydroxyl groups is 1. The summed E-state index contributed by atoms with van der Waals surface area (Å²) in [5, 5.41) is 12.4. The van der Waals surface area contributed by atoms with E-state index in [0.717, 1.165) is 11.1 Å². The topological polar surface area (TPSA) is 102 Å². The van der Waals surface area contributed by atoms with Crippen LogP contribution in [-0.4, -0.2) is 29.3 Å². The SMILES string of the molecule is NC(=O)[C@@H](O)[C@@H](Cc1ccccc1)NC(=O)OCc1ccccc1. The first-order valence-electron chi connectivity index (χ1n) is 7.55. The Kier molecular flexibility index (Phi) is 6.33. The Morgan fingerprint density at radius 1 is 1.00 bits per heavy atom. The Bertz CT molecular complexity index is 661. The van der Waals surface area contributed by atoms with E-state index in [9.17, 15) is 14.7 Å². The van der Waals surface area contributed by atoms with Crippen LogP contribution in [0.25, 0.3) is 0 Å². The molecule has 0 aliphatic rings. The molecule has 0 heterocycles. The Labute approximate surface area is 140 Å². The number of carbonyl (C=O) groups is 2. The van der Waals surface area contributed by atoms with Gasteiger partial charge in [-0.15, -0.1) is 0 Å². The summed E-state index contributed by atoms with van der Waals surface area (Å²) in [4.78, 5) is 23.2. The maximum atomic E-state index is 11.9. The molecule has 0 aliphatic heterocycles. The van der Waals surface area contributed by atoms with Crippen molar-refractivity contribution in [3.63, 3.8) is 0 Å². The lowest BCUT2D eigenvalue weighted by Gasteiger charge is -2.22. The molecule has 2 rings (SSSR count). The predicted octanol–water partition coefficient (Wildman–Crippen LogP) is 1.37. The molecule has 4 N–H and O–H groups in total. The van der Waals surface area contributed by atoms with Crippen LogP contribution in [0.4, 0.5) is 4.79 Å². The van der Waals surface area contributed by atoms with Crippen LogP contribution in [0, 0.1) is 0 Å². The van der Waals surface area contributed by atoms with Crippen LogP contribution < -0.4 is 11.1 Å². The first-order valence-corrected chi connectivity index (χ1v) is 7.55. The minimum atomic E-state index is -1.51. The molecule has 0 saturated carbocycles. The van der Waals surface area contributed by atoms with Gasteiger partial charge in [-0.25, -0.2) is 4.79 Å². The maximum Gasteiger partial charge on any atom is 0.407 e. The van der Waals surface area contributed by atoms with Crippen LogP contribution in [0.3, 0.4) is 0 Å². The predicted molar refractivity (Wildman–Crippen MR) is 88.9 cm³/mol. The quantitative estimate of drug-likeness (QED) is 0.714. The fraction of sp³-hybridized carbons (Fsp3) is 0.222. The molecular weight excluding hydrogens is 308 g/mol. The first kappa shape index (κ1) is 17.5. The number of primary amides is 1. The number of benzene rings is 2. The van der Waals surface area contributed by atoms with Crippen LogP contribution in [0.1, 0.15) is 11.1 Å². The van der Waals surface area contributed by atoms with Gasteiger partial charge < -0.3 is 20.9 Å². The van der Waals surface area contributed by atoms with Crippen LogP contribution >= 0.6 is 0 Å². The monoisotopic (exact) mass is 328 g/mol. The van der Waals surface area contributed by atoms with Crippen LogP contribution in [0.2, 0.25) is 0 Å². The molecule has 126 valence electrons. The van der Waals surface area contributed by atoms with E-state index in [1.165, 1.54) is 0 Å². The van der Waals surface area contributed by atoms with Crippen molar-refractivity contribution in [1.82, 2.24) is 5.32 Å². The summed E-state index contributed by atoms with van der Waals surface area (Å²) in [6, 6.07) is 17.5. The van der Waals surface area contributed by atoms with E-state index in [2.05, 4.69) is 5.32 Å². The number of hydrogen-bond acceptors (Lipinski definition) is 4. The van der Waals surface area contributed by atoms with Crippen molar-refractivity contribution in [2.45, 2.75) is 25.2 Å². The average Bonchev–Trinajstić information content (AvgIpc) is 2.60. The number of alkyl carbamates (subject to hydrolysis) is 1. The molecule has 6 nitrogen and oxygen atoms in total. The van der Waals surface area contributed by atoms with Gasteiger partial charge in [0.15, 0.2) is 6.10 Å². The van der Waals surface area contributed by atoms with Crippen molar-refractivity contribution >= 4 is 12.0 Å². The fourth-order valence-corrected chi connectivity index (χ4v) is 2.22. The highest BCUT2D eigenvalue weighted by Crippen LogP contribution is 2.07. The van der Waals surface area contributed by atoms with E-state index >= 15 is 0 Å². The lowest BCUT2D eigenvalue weighted by atomic mass is 10.0. The molecule has 0 unspecified atom stereocenters. The fourth-order valence-electron chi connectivity index (χ4n) is 2.22. The van der Waals surface area contributed by atoms with E-state index in [1.807, 2.05) is 60.7 Å². The van der Waals surface area contributed by atoms with Gasteiger partial charge in [-0.2, -0.15) is 0 Å². The smallest absolute Gasteiger partial charge is 0.407 e. The number of aliphatic hydroxyl groups excluding tert-OH is 1. The second-order valence-corrected chi connectivity index (χ2v) is 5.35. The number of carbonyl (C=O) groups excluding carboxylic acids is 2. The van der Waals surface area contributed by atoms with Gasteiger partial charge >= 0.3 is 6.09 Å². The van der Waals surface area contributed by atoms with Gasteiger partial charge in [-0.3, -0.25) is 4.79 Å². The Morgan fingerprint density at radius 3 is 2.08 bits per heavy atom. The second kappa shape index (κ2) is 8.69. The lowest BCUT2D eigenvalue weighted by molar-refractivity contribution is -0.127. The minimum absolute atomic E-state index is 0.0946. The van der Waals surface area contributed by atoms with Crippen molar-refractivity contribution in [3.05, 3.63) is 71.8 Å². The van der Waals surface area contributed by atoms with Gasteiger partial charge in [-0.1, -0.05) is 60.7 Å². The molecule has 0 bridgehead atoms. The lowest BCUT2D eigenvalue weighted by Crippen LogP contribution is -2.50. The number of amides is 2. The van der Waals surface area contributed by atoms with Gasteiger partial charge in [0.25, 0.3) is 0 Å². The van der Waals surface area contributed by atoms with Crippen LogP contribution in [0.15, 0.2) is 60.7 Å². The molecule has 0 fully saturated rings. The average molecular weight is 328 g/mol. The molecule has 0 saturated heterocycles. The number of nitrogens with two attached hydrogens (primary N) is 1. The summed E-state index contributed by atoms with van der Waals surface area (Å²) < 4.78 is 5.11. The van der Waals surface area contributed by atoms with Crippen LogP contribution in [-0.2, 0) is 22.6 Å². The summed E-state index contributed by atoms with van der Waals surface area (Å²) in [6.45, 7) is 0.0946. The van der Waals surface area contributed by atoms with E-state index < -0.39 is 24.1 Å². The zero-order chi connectivity index (χ0) is 17.4. The van der Waals surface area contributed by atoms with Crippen molar-refractivity contribution in [2.75, 3.05) is 0 Å². The standard InChI is InChI=1S/C18H20N2O4/c19-17(22)16(21)15(11-13-7-3-1-4-8-13)20-18(23)24-12-14-9-5-2-6-10-14/h1-10,15-16,21H,11-12H2,(H2,19,22)(H,20,23)/t15-,16+/m1/s1. The van der Waals surface area contributed by atoms with E-state index in [-0.39, 0.29) is 13.0 Å². The Morgan fingerprint density at radius 2 is 1.54 bits per heavy atom. The van der Waals surface area contributed by atoms with Crippen molar-refractivity contribution in [3.8, 4) is 0 Å².